The van der Waals surface area contributed by atoms with Crippen LogP contribution in [-0.2, 0) is 38.2 Å². The molecule has 0 spiro atoms. The SMILES string of the molecule is COC(OC)[N+](C)(CCC[SiH3])OC.COC(OC)[N+](C)(CCC[SiH3])OC.O=C([O-])/C=C\C(=O)[O-]. The Balaban J connectivity index is -0.000000438. The van der Waals surface area contributed by atoms with Gasteiger partial charge in [-0.05, 0) is 25.0 Å². The quantitative estimate of drug-likeness (QED) is 0.0651. The molecule has 34 heavy (non-hydrogen) atoms. The molecular formula is C20H46N2O10Si2. The summed E-state index contributed by atoms with van der Waals surface area (Å²) >= 11 is 0. The van der Waals surface area contributed by atoms with Crippen LogP contribution in [0.25, 0.3) is 0 Å². The third kappa shape index (κ3) is 17.3. The van der Waals surface area contributed by atoms with Crippen LogP contribution in [0.2, 0.25) is 12.1 Å². The molecule has 0 aliphatic rings. The van der Waals surface area contributed by atoms with Gasteiger partial charge in [0.2, 0.25) is 0 Å². The van der Waals surface area contributed by atoms with E-state index in [-0.39, 0.29) is 12.8 Å². The number of hydroxylamine groups is 6. The first-order valence-corrected chi connectivity index (χ1v) is 13.8. The van der Waals surface area contributed by atoms with Crippen molar-refractivity contribution < 1.29 is 57.7 Å². The van der Waals surface area contributed by atoms with E-state index in [1.54, 1.807) is 42.7 Å². The van der Waals surface area contributed by atoms with Crippen molar-refractivity contribution in [2.75, 3.05) is 69.8 Å². The maximum absolute atomic E-state index is 9.41. The van der Waals surface area contributed by atoms with Crippen molar-refractivity contribution in [1.82, 2.24) is 0 Å². The second-order valence-electron chi connectivity index (χ2n) is 7.40. The van der Waals surface area contributed by atoms with Crippen molar-refractivity contribution in [2.24, 2.45) is 0 Å². The largest absolute Gasteiger partial charge is 0.545 e. The molecule has 0 aliphatic carbocycles. The molecule has 14 heteroatoms. The van der Waals surface area contributed by atoms with E-state index in [4.69, 9.17) is 28.6 Å². The maximum Gasteiger partial charge on any atom is 0.338 e. The molecule has 12 nitrogen and oxygen atoms in total. The van der Waals surface area contributed by atoms with E-state index in [0.717, 1.165) is 25.9 Å². The zero-order valence-electron chi connectivity index (χ0n) is 22.5. The normalized spacial score (nSPS) is 14.8. The number of carboxylic acid groups (broad SMARTS) is 2. The fourth-order valence-electron chi connectivity index (χ4n) is 2.73. The Kier molecular flexibility index (Phi) is 24.5. The lowest BCUT2D eigenvalue weighted by Crippen LogP contribution is -2.53. The van der Waals surface area contributed by atoms with Crippen molar-refractivity contribution >= 4 is 32.4 Å². The Bertz CT molecular complexity index is 505. The van der Waals surface area contributed by atoms with Crippen LogP contribution in [0.3, 0.4) is 0 Å². The molecule has 0 aromatic carbocycles. The third-order valence-electron chi connectivity index (χ3n) is 4.80. The molecule has 0 heterocycles. The number of quaternary nitrogens is 2. The van der Waals surface area contributed by atoms with Gasteiger partial charge in [0.1, 0.15) is 27.2 Å². The molecular weight excluding hydrogens is 484 g/mol. The second-order valence-corrected chi connectivity index (χ2v) is 9.40. The summed E-state index contributed by atoms with van der Waals surface area (Å²) in [6.07, 6.45) is 2.40. The van der Waals surface area contributed by atoms with Crippen molar-refractivity contribution in [3.8, 4) is 0 Å². The fourth-order valence-corrected chi connectivity index (χ4v) is 3.36. The Morgan fingerprint density at radius 2 is 0.971 bits per heavy atom. The summed E-state index contributed by atoms with van der Waals surface area (Å²) in [7, 11) is 16.3. The van der Waals surface area contributed by atoms with Crippen LogP contribution in [0, 0.1) is 0 Å². The summed E-state index contributed by atoms with van der Waals surface area (Å²) in [5.41, 5.74) is 0. The average Bonchev–Trinajstić information content (AvgIpc) is 2.82. The van der Waals surface area contributed by atoms with Crippen LogP contribution < -0.4 is 10.2 Å². The van der Waals surface area contributed by atoms with Crippen molar-refractivity contribution in [1.29, 1.82) is 0 Å². The van der Waals surface area contributed by atoms with E-state index in [1.807, 2.05) is 14.1 Å². The standard InChI is InChI=1S/2C8H22NO3Si.C4H4O4/c2*1-9(12-4,6-5-7-13)8(10-2)11-3;5-3(6)1-2-4(7)8/h2*8H,5-7H2,1-4,13H3;1-2H,(H,5,6)(H,7,8)/q2*+1;/p-2/b;;2-1-. The summed E-state index contributed by atoms with van der Waals surface area (Å²) in [6.45, 7) is 1.85. The molecule has 0 aromatic heterocycles. The number of rotatable bonds is 16. The monoisotopic (exact) mass is 530 g/mol. The molecule has 0 aromatic rings. The number of carbonyl (C=O) groups excluding carboxylic acids is 2. The minimum atomic E-state index is -1.55. The molecule has 2 atom stereocenters. The van der Waals surface area contributed by atoms with Gasteiger partial charge in [0.25, 0.3) is 0 Å². The minimum absolute atomic E-state index is 0.335. The fraction of sp³-hybridized carbons (Fsp3) is 0.800. The van der Waals surface area contributed by atoms with Gasteiger partial charge < -0.3 is 38.7 Å². The summed E-state index contributed by atoms with van der Waals surface area (Å²) in [5.74, 6) is -3.09. The van der Waals surface area contributed by atoms with Gasteiger partial charge in [0, 0.05) is 48.9 Å². The van der Waals surface area contributed by atoms with Crippen LogP contribution >= 0.6 is 0 Å². The van der Waals surface area contributed by atoms with E-state index in [0.29, 0.717) is 21.4 Å². The molecule has 0 bridgehead atoms. The van der Waals surface area contributed by atoms with Crippen LogP contribution in [0.1, 0.15) is 12.8 Å². The van der Waals surface area contributed by atoms with Crippen molar-refractivity contribution in [3.05, 3.63) is 12.2 Å². The zero-order valence-corrected chi connectivity index (χ0v) is 26.5. The first-order chi connectivity index (χ1) is 15.9. The van der Waals surface area contributed by atoms with Crippen LogP contribution in [0.5, 0.6) is 0 Å². The molecule has 204 valence electrons. The van der Waals surface area contributed by atoms with Crippen molar-refractivity contribution in [3.63, 3.8) is 0 Å². The molecule has 0 aliphatic heterocycles. The molecule has 0 amide bonds. The highest BCUT2D eigenvalue weighted by Gasteiger charge is 2.34. The van der Waals surface area contributed by atoms with E-state index in [9.17, 15) is 19.8 Å². The summed E-state index contributed by atoms with van der Waals surface area (Å²) in [5, 5.41) is 18.8. The highest BCUT2D eigenvalue weighted by molar-refractivity contribution is 6.08. The van der Waals surface area contributed by atoms with Gasteiger partial charge in [-0.1, -0.05) is 12.1 Å². The lowest BCUT2D eigenvalue weighted by atomic mass is 10.4. The summed E-state index contributed by atoms with van der Waals surface area (Å²) in [4.78, 5) is 29.6. The van der Waals surface area contributed by atoms with Gasteiger partial charge in [0.15, 0.2) is 0 Å². The number of carbonyl (C=O) groups is 2. The highest BCUT2D eigenvalue weighted by atomic mass is 28.1. The lowest BCUT2D eigenvalue weighted by molar-refractivity contribution is -1.13. The topological polar surface area (TPSA) is 136 Å². The number of hydrogen-bond donors (Lipinski definition) is 0. The predicted octanol–water partition coefficient (Wildman–Crippen LogP) is -3.47. The number of nitrogens with zero attached hydrogens (tertiary/aromatic N) is 2. The second kappa shape index (κ2) is 22.3. The first-order valence-electron chi connectivity index (χ1n) is 10.9. The Hall–Kier alpha value is -1.21. The van der Waals surface area contributed by atoms with Gasteiger partial charge in [-0.15, -0.1) is 9.29 Å². The van der Waals surface area contributed by atoms with Gasteiger partial charge in [-0.2, -0.15) is 0 Å². The van der Waals surface area contributed by atoms with E-state index < -0.39 is 11.9 Å². The zero-order chi connectivity index (χ0) is 27.2. The van der Waals surface area contributed by atoms with Gasteiger partial charge in [0.05, 0.1) is 26.2 Å². The van der Waals surface area contributed by atoms with Crippen LogP contribution in [0.15, 0.2) is 12.2 Å². The van der Waals surface area contributed by atoms with Crippen LogP contribution in [0.4, 0.5) is 0 Å². The predicted molar refractivity (Wildman–Crippen MR) is 130 cm³/mol. The Labute approximate surface area is 210 Å². The summed E-state index contributed by atoms with van der Waals surface area (Å²) in [6, 6.07) is 2.55. The minimum Gasteiger partial charge on any atom is -0.545 e. The average molecular weight is 531 g/mol. The maximum atomic E-state index is 9.41. The first kappa shape index (κ1) is 37.3. The summed E-state index contributed by atoms with van der Waals surface area (Å²) < 4.78 is 21.5. The number of aliphatic carboxylic acids is 2. The van der Waals surface area contributed by atoms with Crippen LogP contribution in [-0.4, -0.2) is 124 Å². The van der Waals surface area contributed by atoms with E-state index >= 15 is 0 Å². The van der Waals surface area contributed by atoms with E-state index in [1.165, 1.54) is 32.6 Å². The van der Waals surface area contributed by atoms with Gasteiger partial charge >= 0.3 is 12.8 Å². The molecule has 0 fully saturated rings. The molecule has 0 rings (SSSR count). The van der Waals surface area contributed by atoms with Gasteiger partial charge in [-0.25, -0.2) is 9.68 Å². The lowest BCUT2D eigenvalue weighted by Gasteiger charge is -2.34. The molecule has 0 N–H and O–H groups in total. The number of hydrogen-bond acceptors (Lipinski definition) is 10. The molecule has 0 saturated heterocycles. The number of methoxy groups -OCH3 is 4. The third-order valence-corrected chi connectivity index (χ3v) is 6.21. The van der Waals surface area contributed by atoms with Gasteiger partial charge in [-0.3, -0.25) is 0 Å². The van der Waals surface area contributed by atoms with E-state index in [2.05, 4.69) is 0 Å². The number of ether oxygens (including phenoxy) is 4. The highest BCUT2D eigenvalue weighted by Crippen LogP contribution is 2.14. The van der Waals surface area contributed by atoms with Crippen molar-refractivity contribution in [2.45, 2.75) is 37.8 Å². The Morgan fingerprint density at radius 3 is 1.12 bits per heavy atom. The smallest absolute Gasteiger partial charge is 0.338 e. The molecule has 2 unspecified atom stereocenters. The molecule has 0 saturated carbocycles. The molecule has 0 radical (unpaired) electrons. The number of carboxylic acids is 2. The Morgan fingerprint density at radius 1 is 0.706 bits per heavy atom.